The SMILES string of the molecule is COc1ccc(-c2nc3cc(-c4cccc(Cl)c4)ccc3o2)cc1[N+](=O)[O-]. The molecule has 1 aromatic heterocycles. The Hall–Kier alpha value is -3.38. The van der Waals surface area contributed by atoms with Crippen molar-refractivity contribution < 1.29 is 14.1 Å². The van der Waals surface area contributed by atoms with Gasteiger partial charge in [-0.05, 0) is 47.5 Å². The van der Waals surface area contributed by atoms with Crippen LogP contribution in [-0.4, -0.2) is 17.0 Å². The number of halogens is 1. The Morgan fingerprint density at radius 1 is 1.04 bits per heavy atom. The molecular formula is C20H13ClN2O4. The molecule has 0 aliphatic rings. The molecule has 3 aromatic carbocycles. The number of methoxy groups -OCH3 is 1. The van der Waals surface area contributed by atoms with Gasteiger partial charge in [0.1, 0.15) is 5.52 Å². The zero-order valence-electron chi connectivity index (χ0n) is 14.2. The molecule has 6 nitrogen and oxygen atoms in total. The van der Waals surface area contributed by atoms with E-state index in [4.69, 9.17) is 20.8 Å². The molecule has 0 radical (unpaired) electrons. The molecule has 7 heteroatoms. The smallest absolute Gasteiger partial charge is 0.311 e. The van der Waals surface area contributed by atoms with Crippen LogP contribution in [0.1, 0.15) is 0 Å². The summed E-state index contributed by atoms with van der Waals surface area (Å²) >= 11 is 6.06. The average Bonchev–Trinajstić information content (AvgIpc) is 3.10. The third-order valence-electron chi connectivity index (χ3n) is 4.17. The summed E-state index contributed by atoms with van der Waals surface area (Å²) < 4.78 is 10.8. The maximum atomic E-state index is 11.2. The van der Waals surface area contributed by atoms with Crippen molar-refractivity contribution in [2.45, 2.75) is 0 Å². The molecule has 0 spiro atoms. The fourth-order valence-electron chi connectivity index (χ4n) is 2.86. The van der Waals surface area contributed by atoms with Gasteiger partial charge in [-0.15, -0.1) is 0 Å². The molecule has 4 aromatic rings. The van der Waals surface area contributed by atoms with E-state index in [-0.39, 0.29) is 11.4 Å². The van der Waals surface area contributed by atoms with E-state index in [1.807, 2.05) is 42.5 Å². The molecule has 0 aliphatic carbocycles. The Bertz CT molecular complexity index is 1170. The molecule has 0 unspecified atom stereocenters. The Morgan fingerprint density at radius 2 is 1.81 bits per heavy atom. The predicted octanol–water partition coefficient (Wildman–Crippen LogP) is 5.73. The van der Waals surface area contributed by atoms with Crippen LogP contribution >= 0.6 is 11.6 Å². The van der Waals surface area contributed by atoms with E-state index in [2.05, 4.69) is 4.98 Å². The zero-order valence-corrected chi connectivity index (χ0v) is 14.9. The normalized spacial score (nSPS) is 10.9. The summed E-state index contributed by atoms with van der Waals surface area (Å²) in [5, 5.41) is 11.9. The molecule has 0 N–H and O–H groups in total. The monoisotopic (exact) mass is 380 g/mol. The standard InChI is InChI=1S/C20H13ClN2O4/c1-26-19-8-6-14(11-17(19)23(24)25)20-22-16-10-13(5-7-18(16)27-20)12-3-2-4-15(21)9-12/h2-11H,1H3. The number of oxazole rings is 1. The highest BCUT2D eigenvalue weighted by atomic mass is 35.5. The van der Waals surface area contributed by atoms with Gasteiger partial charge in [-0.3, -0.25) is 10.1 Å². The number of hydrogen-bond donors (Lipinski definition) is 0. The maximum absolute atomic E-state index is 11.2. The molecule has 134 valence electrons. The summed E-state index contributed by atoms with van der Waals surface area (Å²) in [7, 11) is 1.39. The topological polar surface area (TPSA) is 78.4 Å². The molecule has 0 saturated heterocycles. The number of rotatable bonds is 4. The van der Waals surface area contributed by atoms with Crippen molar-refractivity contribution in [1.82, 2.24) is 4.98 Å². The van der Waals surface area contributed by atoms with Crippen molar-refractivity contribution in [3.63, 3.8) is 0 Å². The fourth-order valence-corrected chi connectivity index (χ4v) is 3.05. The van der Waals surface area contributed by atoms with Crippen LogP contribution < -0.4 is 4.74 Å². The zero-order chi connectivity index (χ0) is 19.0. The first kappa shape index (κ1) is 17.1. The maximum Gasteiger partial charge on any atom is 0.311 e. The lowest BCUT2D eigenvalue weighted by Crippen LogP contribution is -1.94. The summed E-state index contributed by atoms with van der Waals surface area (Å²) in [5.41, 5.74) is 3.52. The Morgan fingerprint density at radius 3 is 2.56 bits per heavy atom. The number of nitro benzene ring substituents is 1. The van der Waals surface area contributed by atoms with E-state index >= 15 is 0 Å². The van der Waals surface area contributed by atoms with Crippen molar-refractivity contribution in [1.29, 1.82) is 0 Å². The summed E-state index contributed by atoms with van der Waals surface area (Å²) in [4.78, 5) is 15.2. The van der Waals surface area contributed by atoms with Gasteiger partial charge in [0.25, 0.3) is 0 Å². The number of ether oxygens (including phenoxy) is 1. The molecule has 4 rings (SSSR count). The summed E-state index contributed by atoms with van der Waals surface area (Å²) in [5.74, 6) is 0.488. The van der Waals surface area contributed by atoms with Crippen LogP contribution in [0.15, 0.2) is 65.1 Å². The van der Waals surface area contributed by atoms with Gasteiger partial charge in [0.15, 0.2) is 11.3 Å². The minimum atomic E-state index is -0.498. The minimum Gasteiger partial charge on any atom is -0.490 e. The van der Waals surface area contributed by atoms with Crippen LogP contribution in [0, 0.1) is 10.1 Å². The molecule has 0 aliphatic heterocycles. The second-order valence-electron chi connectivity index (χ2n) is 5.86. The molecule has 0 amide bonds. The largest absolute Gasteiger partial charge is 0.490 e. The van der Waals surface area contributed by atoms with E-state index in [9.17, 15) is 10.1 Å². The lowest BCUT2D eigenvalue weighted by Gasteiger charge is -2.02. The van der Waals surface area contributed by atoms with Crippen LogP contribution in [0.5, 0.6) is 5.75 Å². The Kier molecular flexibility index (Phi) is 4.25. The van der Waals surface area contributed by atoms with Crippen molar-refractivity contribution in [3.8, 4) is 28.3 Å². The van der Waals surface area contributed by atoms with E-state index in [1.54, 1.807) is 6.07 Å². The predicted molar refractivity (Wildman–Crippen MR) is 103 cm³/mol. The second-order valence-corrected chi connectivity index (χ2v) is 6.29. The molecule has 0 saturated carbocycles. The number of benzene rings is 3. The van der Waals surface area contributed by atoms with Gasteiger partial charge in [0.2, 0.25) is 5.89 Å². The second kappa shape index (κ2) is 6.74. The van der Waals surface area contributed by atoms with E-state index in [0.717, 1.165) is 11.1 Å². The van der Waals surface area contributed by atoms with Gasteiger partial charge in [-0.2, -0.15) is 0 Å². The van der Waals surface area contributed by atoms with Crippen molar-refractivity contribution in [2.75, 3.05) is 7.11 Å². The van der Waals surface area contributed by atoms with Gasteiger partial charge >= 0.3 is 5.69 Å². The lowest BCUT2D eigenvalue weighted by atomic mass is 10.1. The summed E-state index contributed by atoms with van der Waals surface area (Å²) in [6, 6.07) is 17.7. The molecule has 1 heterocycles. The molecular weight excluding hydrogens is 368 g/mol. The summed E-state index contributed by atoms with van der Waals surface area (Å²) in [6.45, 7) is 0. The van der Waals surface area contributed by atoms with Gasteiger partial charge in [0, 0.05) is 16.7 Å². The number of fused-ring (bicyclic) bond motifs is 1. The van der Waals surface area contributed by atoms with Crippen LogP contribution in [0.4, 0.5) is 5.69 Å². The third-order valence-corrected chi connectivity index (χ3v) is 4.40. The fraction of sp³-hybridized carbons (Fsp3) is 0.0500. The van der Waals surface area contributed by atoms with Crippen LogP contribution in [0.25, 0.3) is 33.7 Å². The molecule has 0 atom stereocenters. The van der Waals surface area contributed by atoms with E-state index in [1.165, 1.54) is 19.2 Å². The quantitative estimate of drug-likeness (QED) is 0.333. The van der Waals surface area contributed by atoms with E-state index in [0.29, 0.717) is 27.6 Å². The first-order valence-electron chi connectivity index (χ1n) is 8.04. The molecule has 0 fully saturated rings. The van der Waals surface area contributed by atoms with E-state index < -0.39 is 4.92 Å². The Labute approximate surface area is 159 Å². The Balaban J connectivity index is 1.78. The van der Waals surface area contributed by atoms with Gasteiger partial charge in [-0.1, -0.05) is 29.8 Å². The van der Waals surface area contributed by atoms with Gasteiger partial charge in [0.05, 0.1) is 12.0 Å². The highest BCUT2D eigenvalue weighted by molar-refractivity contribution is 6.30. The van der Waals surface area contributed by atoms with Crippen LogP contribution in [0.2, 0.25) is 5.02 Å². The number of aromatic nitrogens is 1. The van der Waals surface area contributed by atoms with Crippen molar-refractivity contribution in [3.05, 3.63) is 75.8 Å². The lowest BCUT2D eigenvalue weighted by molar-refractivity contribution is -0.385. The summed E-state index contributed by atoms with van der Waals surface area (Å²) in [6.07, 6.45) is 0. The highest BCUT2D eigenvalue weighted by Gasteiger charge is 2.18. The number of hydrogen-bond acceptors (Lipinski definition) is 5. The van der Waals surface area contributed by atoms with Crippen molar-refractivity contribution >= 4 is 28.4 Å². The van der Waals surface area contributed by atoms with Crippen molar-refractivity contribution in [2.24, 2.45) is 0 Å². The number of nitrogens with zero attached hydrogens (tertiary/aromatic N) is 2. The van der Waals surface area contributed by atoms with Crippen LogP contribution in [-0.2, 0) is 0 Å². The minimum absolute atomic E-state index is 0.142. The first-order valence-corrected chi connectivity index (χ1v) is 8.42. The first-order chi connectivity index (χ1) is 13.0. The van der Waals surface area contributed by atoms with Crippen LogP contribution in [0.3, 0.4) is 0 Å². The molecule has 0 bridgehead atoms. The van der Waals surface area contributed by atoms with Gasteiger partial charge in [-0.25, -0.2) is 4.98 Å². The molecule has 27 heavy (non-hydrogen) atoms. The highest BCUT2D eigenvalue weighted by Crippen LogP contribution is 2.34. The average molecular weight is 381 g/mol. The number of nitro groups is 1. The van der Waals surface area contributed by atoms with Gasteiger partial charge < -0.3 is 9.15 Å². The third kappa shape index (κ3) is 3.22.